The molecule has 7 heteroatoms. The van der Waals surface area contributed by atoms with Gasteiger partial charge < -0.3 is 9.67 Å². The minimum atomic E-state index is -0.991. The Balaban J connectivity index is 2.19. The van der Waals surface area contributed by atoms with Gasteiger partial charge in [0.05, 0.1) is 10.2 Å². The van der Waals surface area contributed by atoms with Gasteiger partial charge >= 0.3 is 5.97 Å². The summed E-state index contributed by atoms with van der Waals surface area (Å²) in [7, 11) is 0. The Bertz CT molecular complexity index is 1010. The summed E-state index contributed by atoms with van der Waals surface area (Å²) in [6.07, 6.45) is 0. The second-order valence-electron chi connectivity index (χ2n) is 5.16. The van der Waals surface area contributed by atoms with Crippen LogP contribution in [-0.4, -0.2) is 21.6 Å². The lowest BCUT2D eigenvalue weighted by molar-refractivity contribution is -0.140. The molecule has 1 amide bonds. The van der Waals surface area contributed by atoms with Crippen molar-refractivity contribution in [3.63, 3.8) is 0 Å². The van der Waals surface area contributed by atoms with E-state index in [0.29, 0.717) is 15.4 Å². The highest BCUT2D eigenvalue weighted by Gasteiger charge is 2.19. The lowest BCUT2D eigenvalue weighted by Gasteiger charge is -2.09. The molecule has 2 aromatic carbocycles. The van der Waals surface area contributed by atoms with Crippen molar-refractivity contribution in [3.05, 3.63) is 63.9 Å². The van der Waals surface area contributed by atoms with E-state index < -0.39 is 17.9 Å². The molecule has 0 spiro atoms. The maximum atomic E-state index is 12.4. The molecule has 24 heavy (non-hydrogen) atoms. The van der Waals surface area contributed by atoms with Crippen molar-refractivity contribution in [2.75, 3.05) is 0 Å². The van der Waals surface area contributed by atoms with Crippen LogP contribution in [0.4, 0.5) is 0 Å². The van der Waals surface area contributed by atoms with Crippen LogP contribution in [0.5, 0.6) is 0 Å². The number of rotatable bonds is 3. The number of nitrogens with zero attached hydrogens (tertiary/aromatic N) is 2. The number of fused-ring (bicyclic) bond motifs is 1. The fraction of sp³-hybridized carbons (Fsp3) is 0.118. The van der Waals surface area contributed by atoms with Crippen molar-refractivity contribution in [2.45, 2.75) is 13.0 Å². The molecule has 0 radical (unpaired) electrons. The van der Waals surface area contributed by atoms with E-state index in [1.165, 1.54) is 17.4 Å². The van der Waals surface area contributed by atoms with E-state index in [4.69, 9.17) is 11.6 Å². The molecule has 0 aliphatic carbocycles. The van der Waals surface area contributed by atoms with Gasteiger partial charge in [-0.05, 0) is 37.3 Å². The Kier molecular flexibility index (Phi) is 4.51. The first-order valence-electron chi connectivity index (χ1n) is 7.15. The van der Waals surface area contributed by atoms with Gasteiger partial charge in [0.15, 0.2) is 4.80 Å². The lowest BCUT2D eigenvalue weighted by atomic mass is 10.2. The number of benzene rings is 2. The molecule has 3 aromatic rings. The average Bonchev–Trinajstić information content (AvgIpc) is 2.91. The summed E-state index contributed by atoms with van der Waals surface area (Å²) >= 11 is 7.18. The minimum Gasteiger partial charge on any atom is -0.480 e. The fourth-order valence-electron chi connectivity index (χ4n) is 2.33. The van der Waals surface area contributed by atoms with Crippen LogP contribution in [0.3, 0.4) is 0 Å². The average molecular weight is 361 g/mol. The van der Waals surface area contributed by atoms with Crippen molar-refractivity contribution in [2.24, 2.45) is 4.99 Å². The first-order chi connectivity index (χ1) is 11.5. The third-order valence-corrected chi connectivity index (χ3v) is 4.82. The highest BCUT2D eigenvalue weighted by Crippen LogP contribution is 2.21. The molecule has 0 fully saturated rings. The van der Waals surface area contributed by atoms with Gasteiger partial charge in [0.1, 0.15) is 6.04 Å². The van der Waals surface area contributed by atoms with Crippen molar-refractivity contribution in [1.29, 1.82) is 0 Å². The quantitative estimate of drug-likeness (QED) is 0.773. The summed E-state index contributed by atoms with van der Waals surface area (Å²) in [5.74, 6) is -1.45. The van der Waals surface area contributed by atoms with Gasteiger partial charge in [0, 0.05) is 10.6 Å². The molecule has 5 nitrogen and oxygen atoms in total. The third kappa shape index (κ3) is 3.11. The van der Waals surface area contributed by atoms with Crippen LogP contribution < -0.4 is 4.80 Å². The lowest BCUT2D eigenvalue weighted by Crippen LogP contribution is -2.25. The zero-order chi connectivity index (χ0) is 17.3. The van der Waals surface area contributed by atoms with Crippen LogP contribution in [0.15, 0.2) is 53.5 Å². The Labute approximate surface area is 146 Å². The maximum Gasteiger partial charge on any atom is 0.326 e. The van der Waals surface area contributed by atoms with Crippen LogP contribution >= 0.6 is 22.9 Å². The van der Waals surface area contributed by atoms with Crippen LogP contribution in [0.25, 0.3) is 10.2 Å². The van der Waals surface area contributed by atoms with Crippen LogP contribution in [0, 0.1) is 0 Å². The standard InChI is InChI=1S/C17H13ClN2O3S/c1-10(16(22)23)20-13-7-2-3-8-14(13)24-17(20)19-15(21)11-5-4-6-12(18)9-11/h2-10H,1H3,(H,22,23)/b19-17-. The molecular weight excluding hydrogens is 348 g/mol. The van der Waals surface area contributed by atoms with Crippen molar-refractivity contribution in [3.8, 4) is 0 Å². The zero-order valence-corrected chi connectivity index (χ0v) is 14.2. The molecular formula is C17H13ClN2O3S. The summed E-state index contributed by atoms with van der Waals surface area (Å²) in [6, 6.07) is 13.0. The first-order valence-corrected chi connectivity index (χ1v) is 8.34. The smallest absolute Gasteiger partial charge is 0.326 e. The molecule has 0 aliphatic rings. The predicted molar refractivity (Wildman–Crippen MR) is 93.5 cm³/mol. The molecule has 0 saturated carbocycles. The Morgan fingerprint density at radius 3 is 2.67 bits per heavy atom. The molecule has 1 unspecified atom stereocenters. The fourth-order valence-corrected chi connectivity index (χ4v) is 3.62. The number of amides is 1. The van der Waals surface area contributed by atoms with Crippen LogP contribution in [0.1, 0.15) is 23.3 Å². The van der Waals surface area contributed by atoms with Gasteiger partial charge in [0.2, 0.25) is 0 Å². The second kappa shape index (κ2) is 6.59. The first kappa shape index (κ1) is 16.4. The van der Waals surface area contributed by atoms with E-state index in [9.17, 15) is 14.7 Å². The number of hydrogen-bond donors (Lipinski definition) is 1. The van der Waals surface area contributed by atoms with E-state index in [-0.39, 0.29) is 0 Å². The number of para-hydroxylation sites is 1. The summed E-state index contributed by atoms with van der Waals surface area (Å²) in [4.78, 5) is 28.3. The minimum absolute atomic E-state index is 0.344. The van der Waals surface area contributed by atoms with E-state index >= 15 is 0 Å². The van der Waals surface area contributed by atoms with Gasteiger partial charge in [-0.3, -0.25) is 4.79 Å². The third-order valence-electron chi connectivity index (χ3n) is 3.55. The topological polar surface area (TPSA) is 71.7 Å². The van der Waals surface area contributed by atoms with Crippen molar-refractivity contribution in [1.82, 2.24) is 4.57 Å². The predicted octanol–water partition coefficient (Wildman–Crippen LogP) is 3.74. The Morgan fingerprint density at radius 1 is 1.21 bits per heavy atom. The molecule has 0 aliphatic heterocycles. The molecule has 3 rings (SSSR count). The van der Waals surface area contributed by atoms with Crippen LogP contribution in [-0.2, 0) is 4.79 Å². The van der Waals surface area contributed by atoms with Crippen molar-refractivity contribution < 1.29 is 14.7 Å². The van der Waals surface area contributed by atoms with E-state index in [0.717, 1.165) is 10.2 Å². The Morgan fingerprint density at radius 2 is 1.96 bits per heavy atom. The van der Waals surface area contributed by atoms with Gasteiger partial charge in [-0.1, -0.05) is 41.1 Å². The summed E-state index contributed by atoms with van der Waals surface area (Å²) in [5.41, 5.74) is 1.09. The number of carboxylic acid groups (broad SMARTS) is 1. The molecule has 0 bridgehead atoms. The van der Waals surface area contributed by atoms with Gasteiger partial charge in [0.25, 0.3) is 5.91 Å². The largest absolute Gasteiger partial charge is 0.480 e. The molecule has 0 saturated heterocycles. The number of carbonyl (C=O) groups is 2. The molecule has 1 N–H and O–H groups in total. The van der Waals surface area contributed by atoms with Gasteiger partial charge in [-0.15, -0.1) is 0 Å². The zero-order valence-electron chi connectivity index (χ0n) is 12.6. The maximum absolute atomic E-state index is 12.4. The summed E-state index contributed by atoms with van der Waals surface area (Å²) < 4.78 is 2.42. The van der Waals surface area contributed by atoms with Crippen LogP contribution in [0.2, 0.25) is 5.02 Å². The molecule has 1 aromatic heterocycles. The Hall–Kier alpha value is -2.44. The normalized spacial score (nSPS) is 13.2. The highest BCUT2D eigenvalue weighted by atomic mass is 35.5. The van der Waals surface area contributed by atoms with Crippen molar-refractivity contribution >= 4 is 45.0 Å². The summed E-state index contributed by atoms with van der Waals surface area (Å²) in [6.45, 7) is 1.56. The summed E-state index contributed by atoms with van der Waals surface area (Å²) in [5, 5.41) is 9.81. The van der Waals surface area contributed by atoms with Gasteiger partial charge in [-0.25, -0.2) is 4.79 Å². The molecule has 1 atom stereocenters. The molecule has 1 heterocycles. The molecule has 122 valence electrons. The number of thiazole rings is 1. The number of aliphatic carboxylic acids is 1. The number of carbonyl (C=O) groups excluding carboxylic acids is 1. The number of halogens is 1. The number of hydrogen-bond acceptors (Lipinski definition) is 3. The van der Waals surface area contributed by atoms with E-state index in [1.54, 1.807) is 29.7 Å². The number of carboxylic acids is 1. The number of aromatic nitrogens is 1. The van der Waals surface area contributed by atoms with Gasteiger partial charge in [-0.2, -0.15) is 4.99 Å². The SMILES string of the molecule is CC(C(=O)O)n1/c(=N/C(=O)c2cccc(Cl)c2)sc2ccccc21. The van der Waals surface area contributed by atoms with E-state index in [1.807, 2.05) is 24.3 Å². The monoisotopic (exact) mass is 360 g/mol. The highest BCUT2D eigenvalue weighted by molar-refractivity contribution is 7.16. The second-order valence-corrected chi connectivity index (χ2v) is 6.61. The van der Waals surface area contributed by atoms with E-state index in [2.05, 4.69) is 4.99 Å².